The molecule has 11 heteroatoms. The lowest BCUT2D eigenvalue weighted by molar-refractivity contribution is 0.192. The third-order valence-electron chi connectivity index (χ3n) is 9.63. The van der Waals surface area contributed by atoms with Crippen LogP contribution in [0.5, 0.6) is 63.2 Å². The molecule has 0 unspecified atom stereocenters. The van der Waals surface area contributed by atoms with Gasteiger partial charge in [0.1, 0.15) is 75.5 Å². The van der Waals surface area contributed by atoms with Gasteiger partial charge >= 0.3 is 0 Å². The number of fused-ring (bicyclic) bond motifs is 2. The summed E-state index contributed by atoms with van der Waals surface area (Å²) < 4.78 is 13.3. The Bertz CT molecular complexity index is 2400. The number of phenols is 9. The van der Waals surface area contributed by atoms with E-state index in [1.54, 1.807) is 54.6 Å². The monoisotopic (exact) mass is 712 g/mol. The number of aromatic hydroxyl groups is 9. The summed E-state index contributed by atoms with van der Waals surface area (Å²) in [6.07, 6.45) is 1.55. The molecule has 0 aliphatic carbocycles. The Hall–Kier alpha value is -7.14. The molecule has 0 saturated carbocycles. The highest BCUT2D eigenvalue weighted by Gasteiger charge is 2.47. The summed E-state index contributed by atoms with van der Waals surface area (Å²) >= 11 is 0. The molecule has 0 bridgehead atoms. The zero-order valence-electron chi connectivity index (χ0n) is 27.6. The van der Waals surface area contributed by atoms with Crippen LogP contribution in [0.3, 0.4) is 0 Å². The molecule has 11 nitrogen and oxygen atoms in total. The molecule has 0 amide bonds. The van der Waals surface area contributed by atoms with Gasteiger partial charge in [0, 0.05) is 40.5 Å². The Morgan fingerprint density at radius 2 is 0.943 bits per heavy atom. The Kier molecular flexibility index (Phi) is 7.83. The zero-order valence-corrected chi connectivity index (χ0v) is 27.6. The normalized spacial score (nSPS) is 18.7. The minimum Gasteiger partial charge on any atom is -0.508 e. The second-order valence-electron chi connectivity index (χ2n) is 13.1. The van der Waals surface area contributed by atoms with Crippen molar-refractivity contribution in [1.29, 1.82) is 0 Å². The van der Waals surface area contributed by atoms with E-state index in [1.807, 2.05) is 0 Å². The van der Waals surface area contributed by atoms with Gasteiger partial charge in [-0.1, -0.05) is 24.3 Å². The first-order chi connectivity index (χ1) is 25.4. The van der Waals surface area contributed by atoms with E-state index in [1.165, 1.54) is 48.5 Å². The fraction of sp³-hybridized carbons (Fsp3) is 0.0952. The highest BCUT2D eigenvalue weighted by Crippen LogP contribution is 2.61. The van der Waals surface area contributed by atoms with Gasteiger partial charge in [0.15, 0.2) is 0 Å². The van der Waals surface area contributed by atoms with E-state index in [0.29, 0.717) is 33.6 Å². The van der Waals surface area contributed by atoms with Crippen molar-refractivity contribution in [3.8, 4) is 63.2 Å². The maximum atomic E-state index is 11.6. The Morgan fingerprint density at radius 3 is 1.57 bits per heavy atom. The van der Waals surface area contributed by atoms with E-state index < -0.39 is 24.0 Å². The second kappa shape index (κ2) is 12.6. The van der Waals surface area contributed by atoms with Crippen molar-refractivity contribution >= 4 is 12.2 Å². The molecule has 4 atom stereocenters. The number of phenolic OH excluding ortho intramolecular Hbond substituents is 9. The summed E-state index contributed by atoms with van der Waals surface area (Å²) in [6.45, 7) is 0. The Morgan fingerprint density at radius 1 is 0.396 bits per heavy atom. The lowest BCUT2D eigenvalue weighted by Crippen LogP contribution is -2.13. The van der Waals surface area contributed by atoms with Crippen molar-refractivity contribution in [3.05, 3.63) is 148 Å². The van der Waals surface area contributed by atoms with Crippen LogP contribution < -0.4 is 9.47 Å². The van der Waals surface area contributed by atoms with Gasteiger partial charge in [0.25, 0.3) is 0 Å². The fourth-order valence-corrected chi connectivity index (χ4v) is 7.42. The van der Waals surface area contributed by atoms with E-state index in [4.69, 9.17) is 9.47 Å². The molecule has 9 N–H and O–H groups in total. The van der Waals surface area contributed by atoms with Crippen LogP contribution in [0.2, 0.25) is 0 Å². The van der Waals surface area contributed by atoms with Crippen molar-refractivity contribution in [2.24, 2.45) is 0 Å². The first-order valence-corrected chi connectivity index (χ1v) is 16.5. The summed E-state index contributed by atoms with van der Waals surface area (Å²) in [5.41, 5.74) is 3.40. The van der Waals surface area contributed by atoms with Gasteiger partial charge in [0.2, 0.25) is 0 Å². The van der Waals surface area contributed by atoms with Crippen LogP contribution >= 0.6 is 0 Å². The van der Waals surface area contributed by atoms with Crippen LogP contribution in [0, 0.1) is 0 Å². The first kappa shape index (κ1) is 33.0. The maximum Gasteiger partial charge on any atom is 0.138 e. The molecule has 2 aliphatic rings. The SMILES string of the molecule is Oc1ccc(/C=C/c2cc(O)c3c(c2)O[C@@H](c2ccc(O)c4c2O[C@@H](c2ccc(O)cc2O)[C@@H]4c2cc(O)cc(O)c2)[C@H]3c2cc(O)cc(O)c2)cc1. The van der Waals surface area contributed by atoms with Crippen LogP contribution in [0.25, 0.3) is 12.2 Å². The smallest absolute Gasteiger partial charge is 0.138 e. The lowest BCUT2D eigenvalue weighted by Gasteiger charge is -2.23. The maximum absolute atomic E-state index is 11.6. The zero-order chi connectivity index (χ0) is 37.1. The van der Waals surface area contributed by atoms with Crippen molar-refractivity contribution in [2.75, 3.05) is 0 Å². The van der Waals surface area contributed by atoms with Crippen LogP contribution in [-0.2, 0) is 0 Å². The molecule has 266 valence electrons. The molecule has 8 rings (SSSR count). The van der Waals surface area contributed by atoms with E-state index >= 15 is 0 Å². The molecule has 2 aliphatic heterocycles. The molecule has 0 fully saturated rings. The highest BCUT2D eigenvalue weighted by atomic mass is 16.5. The predicted octanol–water partition coefficient (Wildman–Crippen LogP) is 7.74. The van der Waals surface area contributed by atoms with Gasteiger partial charge in [-0.2, -0.15) is 0 Å². The van der Waals surface area contributed by atoms with Gasteiger partial charge in [0.05, 0.1) is 11.8 Å². The number of benzene rings is 6. The minimum atomic E-state index is -1.05. The van der Waals surface area contributed by atoms with E-state index in [-0.39, 0.29) is 68.6 Å². The molecule has 6 aromatic carbocycles. The van der Waals surface area contributed by atoms with Crippen LogP contribution in [-0.4, -0.2) is 46.0 Å². The van der Waals surface area contributed by atoms with Crippen LogP contribution in [0.1, 0.15) is 68.6 Å². The minimum absolute atomic E-state index is 0.125. The predicted molar refractivity (Wildman–Crippen MR) is 193 cm³/mol. The van der Waals surface area contributed by atoms with E-state index in [2.05, 4.69) is 0 Å². The Labute approximate surface area is 302 Å². The van der Waals surface area contributed by atoms with Crippen molar-refractivity contribution in [2.45, 2.75) is 24.0 Å². The topological polar surface area (TPSA) is 201 Å². The summed E-state index contributed by atoms with van der Waals surface area (Å²) in [5.74, 6) is -2.90. The standard InChI is InChI=1S/C42H32O11/c43-24-5-3-20(4-6-24)1-2-21-11-34(51)38-35(12-21)52-41(36(38)22-13-26(45)17-27(46)14-22)31-9-10-32(49)39-37(23-15-28(47)18-29(48)16-23)40(53-42(31)39)30-8-7-25(44)19-33(30)50/h1-19,36-37,40-41,43-51H/b2-1+/t36-,37+,40-,41-/m0/s1. The number of ether oxygens (including phenoxy) is 2. The number of rotatable bonds is 6. The lowest BCUT2D eigenvalue weighted by atomic mass is 9.81. The summed E-state index contributed by atoms with van der Waals surface area (Å²) in [6, 6.07) is 25.0. The van der Waals surface area contributed by atoms with Gasteiger partial charge in [-0.25, -0.2) is 0 Å². The summed E-state index contributed by atoms with van der Waals surface area (Å²) in [7, 11) is 0. The molecular weight excluding hydrogens is 680 g/mol. The second-order valence-corrected chi connectivity index (χ2v) is 13.1. The van der Waals surface area contributed by atoms with Crippen molar-refractivity contribution in [3.63, 3.8) is 0 Å². The molecule has 0 saturated heterocycles. The summed E-state index contributed by atoms with van der Waals surface area (Å²) in [4.78, 5) is 0. The largest absolute Gasteiger partial charge is 0.508 e. The van der Waals surface area contributed by atoms with Crippen molar-refractivity contribution in [1.82, 2.24) is 0 Å². The molecule has 0 aromatic heterocycles. The van der Waals surface area contributed by atoms with Crippen LogP contribution in [0.15, 0.2) is 103 Å². The summed E-state index contributed by atoms with van der Waals surface area (Å²) in [5, 5.41) is 95.7. The molecular formula is C42H32O11. The Balaban J connectivity index is 1.30. The van der Waals surface area contributed by atoms with E-state index in [0.717, 1.165) is 17.7 Å². The van der Waals surface area contributed by atoms with Crippen molar-refractivity contribution < 1.29 is 55.4 Å². The first-order valence-electron chi connectivity index (χ1n) is 16.5. The average molecular weight is 713 g/mol. The van der Waals surface area contributed by atoms with Crippen LogP contribution in [0.4, 0.5) is 0 Å². The molecule has 53 heavy (non-hydrogen) atoms. The van der Waals surface area contributed by atoms with Gasteiger partial charge in [-0.05, 0) is 95.1 Å². The van der Waals surface area contributed by atoms with Gasteiger partial charge in [-0.3, -0.25) is 0 Å². The molecule has 6 aromatic rings. The third kappa shape index (κ3) is 5.93. The quantitative estimate of drug-likeness (QED) is 0.0765. The highest BCUT2D eigenvalue weighted by molar-refractivity contribution is 5.73. The van der Waals surface area contributed by atoms with E-state index in [9.17, 15) is 46.0 Å². The number of hydrogen-bond donors (Lipinski definition) is 9. The molecule has 2 heterocycles. The number of hydrogen-bond acceptors (Lipinski definition) is 11. The fourth-order valence-electron chi connectivity index (χ4n) is 7.42. The van der Waals surface area contributed by atoms with Gasteiger partial charge in [-0.15, -0.1) is 0 Å². The average Bonchev–Trinajstić information content (AvgIpc) is 3.68. The van der Waals surface area contributed by atoms with Gasteiger partial charge < -0.3 is 55.4 Å². The third-order valence-corrected chi connectivity index (χ3v) is 9.63. The molecule has 0 radical (unpaired) electrons. The molecule has 0 spiro atoms.